The number of nitrogens with zero attached hydrogens (tertiary/aromatic N) is 6. The number of aromatic nitrogens is 3. The monoisotopic (exact) mass is 306 g/mol. The number of fused-ring (bicyclic) bond motifs is 3. The van der Waals surface area contributed by atoms with Gasteiger partial charge in [0.05, 0.1) is 23.3 Å². The Morgan fingerprint density at radius 1 is 1.13 bits per heavy atom. The molecule has 0 saturated carbocycles. The summed E-state index contributed by atoms with van der Waals surface area (Å²) in [6.45, 7) is 13.2. The normalized spacial score (nSPS) is 16.1. The molecule has 1 aromatic carbocycles. The molecule has 2 aromatic heterocycles. The lowest BCUT2D eigenvalue weighted by Gasteiger charge is -2.33. The predicted octanol–water partition coefficient (Wildman–Crippen LogP) is 2.49. The Bertz CT molecular complexity index is 928. The van der Waals surface area contributed by atoms with Gasteiger partial charge >= 0.3 is 0 Å². The van der Waals surface area contributed by atoms with Gasteiger partial charge in [0, 0.05) is 31.6 Å². The molecule has 1 fully saturated rings. The molecular weight excluding hydrogens is 288 g/mol. The summed E-state index contributed by atoms with van der Waals surface area (Å²) in [6.07, 6.45) is 0. The highest BCUT2D eigenvalue weighted by atomic mass is 15.4. The molecule has 1 saturated heterocycles. The van der Waals surface area contributed by atoms with Crippen LogP contribution in [0.4, 0.5) is 11.6 Å². The van der Waals surface area contributed by atoms with E-state index in [0.29, 0.717) is 5.69 Å². The van der Waals surface area contributed by atoms with Crippen LogP contribution in [-0.2, 0) is 0 Å². The highest BCUT2D eigenvalue weighted by Crippen LogP contribution is 2.28. The van der Waals surface area contributed by atoms with Crippen molar-refractivity contribution in [3.05, 3.63) is 41.4 Å². The average Bonchev–Trinajstić information content (AvgIpc) is 2.96. The number of piperazine rings is 1. The fourth-order valence-corrected chi connectivity index (χ4v) is 3.11. The van der Waals surface area contributed by atoms with E-state index in [2.05, 4.69) is 32.9 Å². The van der Waals surface area contributed by atoms with E-state index in [1.54, 1.807) is 0 Å². The van der Waals surface area contributed by atoms with Crippen molar-refractivity contribution in [2.24, 2.45) is 0 Å². The summed E-state index contributed by atoms with van der Waals surface area (Å²) in [5, 5.41) is 5.62. The van der Waals surface area contributed by atoms with Gasteiger partial charge in [0.2, 0.25) is 5.95 Å². The highest BCUT2D eigenvalue weighted by Gasteiger charge is 2.20. The molecule has 0 radical (unpaired) electrons. The average molecular weight is 306 g/mol. The maximum atomic E-state index is 7.22. The fraction of sp³-hybridized carbons (Fsp3) is 0.353. The molecule has 0 spiro atoms. The van der Waals surface area contributed by atoms with Crippen molar-refractivity contribution < 1.29 is 0 Å². The zero-order chi connectivity index (χ0) is 16.0. The van der Waals surface area contributed by atoms with Gasteiger partial charge in [-0.25, -0.2) is 9.83 Å². The lowest BCUT2D eigenvalue weighted by molar-refractivity contribution is 0.310. The first-order valence-electron chi connectivity index (χ1n) is 7.77. The molecule has 1 aliphatic heterocycles. The third-order valence-electron chi connectivity index (χ3n) is 4.41. The van der Waals surface area contributed by atoms with Gasteiger partial charge < -0.3 is 9.80 Å². The molecule has 3 heterocycles. The van der Waals surface area contributed by atoms with Crippen LogP contribution >= 0.6 is 0 Å². The van der Waals surface area contributed by atoms with E-state index in [-0.39, 0.29) is 0 Å². The van der Waals surface area contributed by atoms with E-state index in [1.165, 1.54) is 0 Å². The number of hydrogen-bond acceptors (Lipinski definition) is 4. The quantitative estimate of drug-likeness (QED) is 0.648. The van der Waals surface area contributed by atoms with E-state index in [0.717, 1.165) is 54.2 Å². The van der Waals surface area contributed by atoms with Crippen molar-refractivity contribution in [3.8, 4) is 0 Å². The Labute approximate surface area is 134 Å². The lowest BCUT2D eigenvalue weighted by Crippen LogP contribution is -2.45. The van der Waals surface area contributed by atoms with E-state index >= 15 is 0 Å². The molecule has 0 unspecified atom stereocenters. The van der Waals surface area contributed by atoms with Gasteiger partial charge in [0.25, 0.3) is 0 Å². The number of likely N-dealkylation sites (N-methyl/N-ethyl adjacent to an activating group) is 1. The summed E-state index contributed by atoms with van der Waals surface area (Å²) in [4.78, 5) is 13.0. The Balaban J connectivity index is 1.95. The maximum Gasteiger partial charge on any atom is 0.227 e. The van der Waals surface area contributed by atoms with Crippen LogP contribution in [0.15, 0.2) is 24.3 Å². The summed E-state index contributed by atoms with van der Waals surface area (Å²) >= 11 is 0. The van der Waals surface area contributed by atoms with Crippen LogP contribution in [0, 0.1) is 13.5 Å². The van der Waals surface area contributed by atoms with Crippen LogP contribution in [0.3, 0.4) is 0 Å². The van der Waals surface area contributed by atoms with Gasteiger partial charge in [-0.15, -0.1) is 0 Å². The van der Waals surface area contributed by atoms with Gasteiger partial charge in [-0.2, -0.15) is 9.61 Å². The zero-order valence-electron chi connectivity index (χ0n) is 13.3. The SMILES string of the molecule is [C-]#[N+]c1ccc2nc(N3CCN(C)CC3)n3nc(C)cc3c2c1. The van der Waals surface area contributed by atoms with Crippen LogP contribution < -0.4 is 4.90 Å². The first kappa shape index (κ1) is 14.0. The van der Waals surface area contributed by atoms with E-state index in [4.69, 9.17) is 11.6 Å². The predicted molar refractivity (Wildman–Crippen MR) is 91.2 cm³/mol. The van der Waals surface area contributed by atoms with Crippen molar-refractivity contribution in [3.63, 3.8) is 0 Å². The van der Waals surface area contributed by atoms with Crippen molar-refractivity contribution in [1.82, 2.24) is 19.5 Å². The van der Waals surface area contributed by atoms with Crippen LogP contribution in [0.1, 0.15) is 5.69 Å². The second kappa shape index (κ2) is 5.21. The summed E-state index contributed by atoms with van der Waals surface area (Å²) < 4.78 is 1.93. The maximum absolute atomic E-state index is 7.22. The molecular formula is C17H18N6. The molecule has 6 heteroatoms. The molecule has 0 aliphatic carbocycles. The third kappa shape index (κ3) is 2.30. The Morgan fingerprint density at radius 3 is 2.65 bits per heavy atom. The van der Waals surface area contributed by atoms with Crippen LogP contribution in [0.5, 0.6) is 0 Å². The molecule has 23 heavy (non-hydrogen) atoms. The minimum Gasteiger partial charge on any atom is -0.338 e. The first-order chi connectivity index (χ1) is 11.2. The molecule has 4 rings (SSSR count). The smallest absolute Gasteiger partial charge is 0.227 e. The van der Waals surface area contributed by atoms with Crippen molar-refractivity contribution >= 4 is 28.1 Å². The molecule has 0 atom stereocenters. The number of benzene rings is 1. The summed E-state index contributed by atoms with van der Waals surface area (Å²) in [5.74, 6) is 0.893. The summed E-state index contributed by atoms with van der Waals surface area (Å²) in [7, 11) is 2.14. The standard InChI is InChI=1S/C17H18N6/c1-12-10-16-14-11-13(18-2)4-5-15(14)19-17(23(16)20-12)22-8-6-21(3)7-9-22/h4-5,10-11H,6-9H2,1,3H3. The highest BCUT2D eigenvalue weighted by molar-refractivity contribution is 5.96. The minimum absolute atomic E-state index is 0.632. The minimum atomic E-state index is 0.632. The second-order valence-electron chi connectivity index (χ2n) is 6.10. The first-order valence-corrected chi connectivity index (χ1v) is 7.77. The molecule has 6 nitrogen and oxygen atoms in total. The second-order valence-corrected chi connectivity index (χ2v) is 6.10. The van der Waals surface area contributed by atoms with Crippen LogP contribution in [0.25, 0.3) is 21.3 Å². The largest absolute Gasteiger partial charge is 0.338 e. The number of hydrogen-bond donors (Lipinski definition) is 0. The Kier molecular flexibility index (Phi) is 3.17. The summed E-state index contributed by atoms with van der Waals surface area (Å²) in [6, 6.07) is 7.73. The Morgan fingerprint density at radius 2 is 1.91 bits per heavy atom. The van der Waals surface area contributed by atoms with Gasteiger partial charge in [0.15, 0.2) is 5.69 Å². The molecule has 116 valence electrons. The van der Waals surface area contributed by atoms with Crippen LogP contribution in [0.2, 0.25) is 0 Å². The lowest BCUT2D eigenvalue weighted by atomic mass is 10.2. The van der Waals surface area contributed by atoms with E-state index in [9.17, 15) is 0 Å². The number of aryl methyl sites for hydroxylation is 1. The van der Waals surface area contributed by atoms with Crippen molar-refractivity contribution in [2.45, 2.75) is 6.92 Å². The fourth-order valence-electron chi connectivity index (χ4n) is 3.11. The van der Waals surface area contributed by atoms with E-state index in [1.807, 2.05) is 29.6 Å². The number of anilines is 1. The van der Waals surface area contributed by atoms with Crippen molar-refractivity contribution in [1.29, 1.82) is 0 Å². The topological polar surface area (TPSA) is 41.0 Å². The molecule has 3 aromatic rings. The van der Waals surface area contributed by atoms with E-state index < -0.39 is 0 Å². The van der Waals surface area contributed by atoms with Crippen LogP contribution in [-0.4, -0.2) is 52.7 Å². The Hall–Kier alpha value is -2.65. The van der Waals surface area contributed by atoms with Gasteiger partial charge in [0.1, 0.15) is 0 Å². The van der Waals surface area contributed by atoms with Crippen molar-refractivity contribution in [2.75, 3.05) is 38.1 Å². The number of rotatable bonds is 1. The van der Waals surface area contributed by atoms with Gasteiger partial charge in [-0.05, 0) is 32.2 Å². The molecule has 0 amide bonds. The molecule has 0 N–H and O–H groups in total. The molecule has 1 aliphatic rings. The summed E-state index contributed by atoms with van der Waals surface area (Å²) in [5.41, 5.74) is 3.53. The molecule has 0 bridgehead atoms. The van der Waals surface area contributed by atoms with Gasteiger partial charge in [-0.3, -0.25) is 0 Å². The zero-order valence-corrected chi connectivity index (χ0v) is 13.3. The van der Waals surface area contributed by atoms with Gasteiger partial charge in [-0.1, -0.05) is 6.07 Å². The third-order valence-corrected chi connectivity index (χ3v) is 4.41.